The van der Waals surface area contributed by atoms with Crippen molar-refractivity contribution in [2.24, 2.45) is 0 Å². The molecule has 6 atom stereocenters. The highest BCUT2D eigenvalue weighted by atomic mass is 35.6. The highest BCUT2D eigenvalue weighted by Gasteiger charge is 2.72. The Balaban J connectivity index is 3.31. The van der Waals surface area contributed by atoms with E-state index in [0.29, 0.717) is 25.7 Å². The van der Waals surface area contributed by atoms with Gasteiger partial charge in [0.05, 0.1) is 6.10 Å². The van der Waals surface area contributed by atoms with Crippen LogP contribution in [0.1, 0.15) is 413 Å². The Morgan fingerprint density at radius 1 is 0.366 bits per heavy atom. The summed E-state index contributed by atoms with van der Waals surface area (Å²) in [5.41, 5.74) is -6.29. The maximum absolute atomic E-state index is 13.8. The van der Waals surface area contributed by atoms with Crippen LogP contribution in [0.15, 0.2) is 0 Å². The van der Waals surface area contributed by atoms with Crippen LogP contribution in [0.5, 0.6) is 0 Å². The van der Waals surface area contributed by atoms with Crippen molar-refractivity contribution in [3.05, 3.63) is 0 Å². The van der Waals surface area contributed by atoms with Crippen molar-refractivity contribution in [2.45, 2.75) is 452 Å². The highest BCUT2D eigenvalue weighted by molar-refractivity contribution is 6.76. The molecule has 1 rings (SSSR count). The number of carbonyl (C=O) groups excluding carboxylic acids is 1. The summed E-state index contributed by atoms with van der Waals surface area (Å²) >= 11 is 18.7. The van der Waals surface area contributed by atoms with E-state index in [9.17, 15) is 25.2 Å². The molecule has 1 fully saturated rings. The van der Waals surface area contributed by atoms with Crippen molar-refractivity contribution >= 4 is 40.7 Å². The Morgan fingerprint density at radius 2 is 0.585 bits per heavy atom. The van der Waals surface area contributed by atoms with E-state index in [4.69, 9.17) is 39.5 Å². The highest BCUT2D eigenvalue weighted by Crippen LogP contribution is 2.53. The van der Waals surface area contributed by atoms with E-state index in [1.807, 2.05) is 0 Å². The molecule has 82 heavy (non-hydrogen) atoms. The number of rotatable bonds is 62. The molecule has 2 unspecified atom stereocenters. The first-order chi connectivity index (χ1) is 39.8. The first-order valence-corrected chi connectivity index (χ1v) is 37.8. The molecule has 5 N–H and O–H groups in total. The number of aliphatic hydroxyl groups is 4. The molecule has 0 aromatic rings. The van der Waals surface area contributed by atoms with Crippen LogP contribution >= 0.6 is 34.8 Å². The number of hydrogen-bond acceptors (Lipinski definition) is 6. The van der Waals surface area contributed by atoms with Gasteiger partial charge in [0.25, 0.3) is 9.70 Å². The van der Waals surface area contributed by atoms with Crippen molar-refractivity contribution in [3.63, 3.8) is 0 Å². The Hall–Kier alpha value is 0.140. The summed E-state index contributed by atoms with van der Waals surface area (Å²) in [7, 11) is 0. The van der Waals surface area contributed by atoms with Gasteiger partial charge in [0.1, 0.15) is 22.9 Å². The van der Waals surface area contributed by atoms with Crippen LogP contribution in [-0.2, 0) is 9.53 Å². The zero-order chi connectivity index (χ0) is 60.2. The van der Waals surface area contributed by atoms with Gasteiger partial charge in [-0.3, -0.25) is 4.79 Å². The van der Waals surface area contributed by atoms with Gasteiger partial charge in [0.2, 0.25) is 0 Å². The predicted octanol–water partition coefficient (Wildman–Crippen LogP) is 23.2. The van der Waals surface area contributed by atoms with Crippen LogP contribution in [0.2, 0.25) is 0 Å². The second-order valence-electron chi connectivity index (χ2n) is 26.6. The standard InChI is InChI=1S/C72H140Cl3NO6/c1-5-9-13-17-21-25-29-33-37-41-45-49-53-57-61-65(77)66-69(79,62-58-54-50-46-42-38-34-30-26-22-18-14-10-6-2)71(81,64-60-56-52-48-44-40-36-32-28-24-20-16-12-8-4)70(80,68(82-66)76-67(78)72(73,74)75)63-59-55-51-47-43-39-35-31-27-23-19-15-11-7-3/h65-66,68,77,79-81H,5-64H2,1-4H3,(H,76,78)/t65?,66-,68?,69-,70-,71+/m1/s1. The van der Waals surface area contributed by atoms with Gasteiger partial charge in [0.15, 0.2) is 6.23 Å². The van der Waals surface area contributed by atoms with Crippen molar-refractivity contribution in [3.8, 4) is 0 Å². The Kier molecular flexibility index (Phi) is 52.9. The van der Waals surface area contributed by atoms with Crippen molar-refractivity contribution in [1.29, 1.82) is 0 Å². The van der Waals surface area contributed by atoms with Crippen LogP contribution in [0.4, 0.5) is 0 Å². The molecule has 0 aromatic heterocycles. The number of nitrogens with one attached hydrogen (secondary N) is 1. The molecule has 0 saturated carbocycles. The molecule has 1 amide bonds. The molecule has 1 aliphatic heterocycles. The molecule has 490 valence electrons. The third-order valence-electron chi connectivity index (χ3n) is 19.1. The second-order valence-corrected chi connectivity index (χ2v) is 28.9. The molecule has 0 radical (unpaired) electrons. The molecular weight excluding hydrogens is 1080 g/mol. The summed E-state index contributed by atoms with van der Waals surface area (Å²) in [4.78, 5) is 13.7. The number of alkyl halides is 3. The lowest BCUT2D eigenvalue weighted by Gasteiger charge is -2.62. The average Bonchev–Trinajstić information content (AvgIpc) is 1.67. The average molecular weight is 1220 g/mol. The van der Waals surface area contributed by atoms with E-state index >= 15 is 0 Å². The fraction of sp³-hybridized carbons (Fsp3) is 0.986. The van der Waals surface area contributed by atoms with E-state index in [-0.39, 0.29) is 19.3 Å². The summed E-state index contributed by atoms with van der Waals surface area (Å²) < 4.78 is 4.39. The van der Waals surface area contributed by atoms with Gasteiger partial charge in [-0.25, -0.2) is 0 Å². The lowest BCUT2D eigenvalue weighted by atomic mass is 9.59. The summed E-state index contributed by atoms with van der Waals surface area (Å²) in [5, 5.41) is 55.9. The fourth-order valence-electron chi connectivity index (χ4n) is 13.5. The number of carbonyl (C=O) groups is 1. The first kappa shape index (κ1) is 80.2. The molecule has 1 saturated heterocycles. The van der Waals surface area contributed by atoms with E-state index in [0.717, 1.165) is 83.5 Å². The number of ether oxygens (including phenoxy) is 1. The van der Waals surface area contributed by atoms with Gasteiger partial charge in [-0.2, -0.15) is 0 Å². The molecule has 0 aliphatic carbocycles. The molecule has 1 heterocycles. The number of amides is 1. The van der Waals surface area contributed by atoms with Gasteiger partial charge >= 0.3 is 0 Å². The fourth-order valence-corrected chi connectivity index (χ4v) is 13.7. The van der Waals surface area contributed by atoms with E-state index < -0.39 is 44.9 Å². The third-order valence-corrected chi connectivity index (χ3v) is 19.6. The van der Waals surface area contributed by atoms with E-state index in [1.54, 1.807) is 0 Å². The number of unbranched alkanes of at least 4 members (excludes halogenated alkanes) is 52. The summed E-state index contributed by atoms with van der Waals surface area (Å²) in [6.07, 6.45) is 63.5. The van der Waals surface area contributed by atoms with Gasteiger partial charge in [-0.1, -0.05) is 422 Å². The maximum Gasteiger partial charge on any atom is 0.274 e. The van der Waals surface area contributed by atoms with Crippen LogP contribution in [0.25, 0.3) is 0 Å². The molecule has 7 nitrogen and oxygen atoms in total. The minimum atomic E-state index is -2.36. The molecule has 0 bridgehead atoms. The SMILES string of the molecule is CCCCCCCCCCCCCCCCC(O)[C@H]1OC(NC(=O)C(Cl)(Cl)Cl)[C@](O)(CCCCCCCCCCCCCCCC)[C@](O)(CCCCCCCCCCCCCCCC)[C@@]1(O)CCCCCCCCCCCCCCCC. The zero-order valence-corrected chi connectivity index (χ0v) is 57.2. The van der Waals surface area contributed by atoms with Crippen molar-refractivity contribution < 1.29 is 30.0 Å². The van der Waals surface area contributed by atoms with E-state index in [2.05, 4.69) is 33.0 Å². The topological polar surface area (TPSA) is 119 Å². The Bertz CT molecular complexity index is 1390. The predicted molar refractivity (Wildman–Crippen MR) is 358 cm³/mol. The van der Waals surface area contributed by atoms with E-state index in [1.165, 1.54) is 257 Å². The summed E-state index contributed by atoms with van der Waals surface area (Å²) in [6.45, 7) is 9.08. The molecule has 10 heteroatoms. The van der Waals surface area contributed by atoms with Crippen LogP contribution in [-0.4, -0.2) is 65.4 Å². The van der Waals surface area contributed by atoms with Crippen LogP contribution in [0, 0.1) is 0 Å². The molecule has 0 aromatic carbocycles. The number of aliphatic hydroxyl groups excluding tert-OH is 1. The minimum absolute atomic E-state index is 0.0771. The normalized spacial score (nSPS) is 20.7. The van der Waals surface area contributed by atoms with Crippen LogP contribution in [0.3, 0.4) is 0 Å². The zero-order valence-electron chi connectivity index (χ0n) is 54.9. The first-order valence-electron chi connectivity index (χ1n) is 36.7. The van der Waals surface area contributed by atoms with Gasteiger partial charge in [0, 0.05) is 0 Å². The number of halogens is 3. The molecular formula is C72H140Cl3NO6. The van der Waals surface area contributed by atoms with Crippen molar-refractivity contribution in [2.75, 3.05) is 0 Å². The summed E-state index contributed by atoms with van der Waals surface area (Å²) in [6, 6.07) is 0. The Morgan fingerprint density at radius 3 is 0.841 bits per heavy atom. The van der Waals surface area contributed by atoms with Gasteiger partial charge in [-0.15, -0.1) is 0 Å². The maximum atomic E-state index is 13.8. The lowest BCUT2D eigenvalue weighted by Crippen LogP contribution is -2.83. The minimum Gasteiger partial charge on any atom is -0.390 e. The van der Waals surface area contributed by atoms with Crippen molar-refractivity contribution in [1.82, 2.24) is 5.32 Å². The monoisotopic (exact) mass is 1220 g/mol. The Labute approximate surface area is 525 Å². The smallest absolute Gasteiger partial charge is 0.274 e. The molecule has 0 spiro atoms. The largest absolute Gasteiger partial charge is 0.390 e. The summed E-state index contributed by atoms with van der Waals surface area (Å²) in [5.74, 6) is -0.974. The van der Waals surface area contributed by atoms with Gasteiger partial charge < -0.3 is 30.5 Å². The molecule has 1 aliphatic rings. The number of hydrogen-bond donors (Lipinski definition) is 5. The lowest BCUT2D eigenvalue weighted by molar-refractivity contribution is -0.375. The third kappa shape index (κ3) is 37.9. The van der Waals surface area contributed by atoms with Gasteiger partial charge in [-0.05, 0) is 25.7 Å². The van der Waals surface area contributed by atoms with Crippen LogP contribution < -0.4 is 5.32 Å². The quantitative estimate of drug-likeness (QED) is 0.0306. The second kappa shape index (κ2) is 54.1.